The molecule has 0 radical (unpaired) electrons. The molecule has 1 aliphatic heterocycles. The van der Waals surface area contributed by atoms with Gasteiger partial charge in [-0.15, -0.1) is 0 Å². The number of aryl methyl sites for hydroxylation is 4. The number of hydrogen-bond acceptors (Lipinski definition) is 2. The Morgan fingerprint density at radius 3 is 2.52 bits per heavy atom. The molecule has 0 saturated heterocycles. The lowest BCUT2D eigenvalue weighted by Gasteiger charge is -2.25. The van der Waals surface area contributed by atoms with Crippen LogP contribution in [-0.2, 0) is 7.05 Å². The summed E-state index contributed by atoms with van der Waals surface area (Å²) in [6, 6.07) is 15.4. The molecule has 0 saturated carbocycles. The summed E-state index contributed by atoms with van der Waals surface area (Å²) in [7, 11) is 2.16. The molecule has 0 aliphatic carbocycles. The Morgan fingerprint density at radius 2 is 1.68 bits per heavy atom. The van der Waals surface area contributed by atoms with E-state index in [1.165, 1.54) is 49.6 Å². The van der Waals surface area contributed by atoms with Crippen molar-refractivity contribution in [1.29, 1.82) is 0 Å². The third-order valence-electron chi connectivity index (χ3n) is 5.72. The van der Waals surface area contributed by atoms with E-state index in [9.17, 15) is 0 Å². The highest BCUT2D eigenvalue weighted by Gasteiger charge is 2.22. The Kier molecular flexibility index (Phi) is 2.76. The second-order valence-corrected chi connectivity index (χ2v) is 7.09. The van der Waals surface area contributed by atoms with E-state index in [-0.39, 0.29) is 0 Å². The normalized spacial score (nSPS) is 12.6. The Hall–Kier alpha value is -2.94. The molecule has 1 aliphatic rings. The maximum absolute atomic E-state index is 3.45. The van der Waals surface area contributed by atoms with Crippen LogP contribution < -0.4 is 10.9 Å². The molecular formula is C22H21N3. The van der Waals surface area contributed by atoms with Gasteiger partial charge in [0.15, 0.2) is 0 Å². The largest absolute Gasteiger partial charge is 0.342 e. The van der Waals surface area contributed by atoms with E-state index in [0.29, 0.717) is 0 Å². The average Bonchev–Trinajstić information content (AvgIpc) is 2.91. The first-order valence-corrected chi connectivity index (χ1v) is 8.71. The first kappa shape index (κ1) is 14.4. The van der Waals surface area contributed by atoms with E-state index < -0.39 is 0 Å². The quantitative estimate of drug-likeness (QED) is 0.435. The third-order valence-corrected chi connectivity index (χ3v) is 5.72. The number of anilines is 2. The maximum Gasteiger partial charge on any atom is 0.0862 e. The van der Waals surface area contributed by atoms with Crippen LogP contribution in [0.1, 0.15) is 16.7 Å². The van der Waals surface area contributed by atoms with Gasteiger partial charge < -0.3 is 9.99 Å². The molecule has 4 aromatic rings. The van der Waals surface area contributed by atoms with Gasteiger partial charge in [-0.3, -0.25) is 5.43 Å². The smallest absolute Gasteiger partial charge is 0.0862 e. The number of benzene rings is 3. The summed E-state index contributed by atoms with van der Waals surface area (Å²) in [5.41, 5.74) is 18.2. The standard InChI is InChI=1S/C22H21N3/c1-12-8-11-18-20(14(12)3)16-10-9-15-19-13(2)6-5-7-17(19)23-24-21(15)22(16)25(18)4/h5-11,23-24H,1-4H3. The molecular weight excluding hydrogens is 306 g/mol. The van der Waals surface area contributed by atoms with Gasteiger partial charge in [0.2, 0.25) is 0 Å². The van der Waals surface area contributed by atoms with Gasteiger partial charge in [-0.25, -0.2) is 0 Å². The minimum atomic E-state index is 1.14. The van der Waals surface area contributed by atoms with E-state index in [1.54, 1.807) is 0 Å². The zero-order valence-corrected chi connectivity index (χ0v) is 15.0. The Bertz CT molecular complexity index is 1180. The summed E-state index contributed by atoms with van der Waals surface area (Å²) in [6.07, 6.45) is 0. The van der Waals surface area contributed by atoms with Crippen molar-refractivity contribution in [3.63, 3.8) is 0 Å². The predicted molar refractivity (Wildman–Crippen MR) is 107 cm³/mol. The van der Waals surface area contributed by atoms with Crippen LogP contribution in [0.5, 0.6) is 0 Å². The average molecular weight is 327 g/mol. The molecule has 0 amide bonds. The maximum atomic E-state index is 3.45. The number of fused-ring (bicyclic) bond motifs is 7. The van der Waals surface area contributed by atoms with Crippen molar-refractivity contribution < 1.29 is 0 Å². The van der Waals surface area contributed by atoms with Crippen LogP contribution in [0.15, 0.2) is 42.5 Å². The molecule has 1 aromatic heterocycles. The van der Waals surface area contributed by atoms with Crippen molar-refractivity contribution in [2.75, 3.05) is 10.9 Å². The molecule has 0 unspecified atom stereocenters. The Balaban J connectivity index is 1.96. The van der Waals surface area contributed by atoms with Gasteiger partial charge in [0.25, 0.3) is 0 Å². The molecule has 2 heterocycles. The lowest BCUT2D eigenvalue weighted by molar-refractivity contribution is 1.01. The van der Waals surface area contributed by atoms with Gasteiger partial charge in [-0.1, -0.05) is 30.3 Å². The second kappa shape index (κ2) is 4.79. The van der Waals surface area contributed by atoms with Crippen molar-refractivity contribution in [1.82, 2.24) is 4.57 Å². The van der Waals surface area contributed by atoms with Gasteiger partial charge in [-0.05, 0) is 49.6 Å². The molecule has 0 fully saturated rings. The molecule has 25 heavy (non-hydrogen) atoms. The van der Waals surface area contributed by atoms with Gasteiger partial charge >= 0.3 is 0 Å². The summed E-state index contributed by atoms with van der Waals surface area (Å²) in [5.74, 6) is 0. The Morgan fingerprint density at radius 1 is 0.840 bits per heavy atom. The third kappa shape index (κ3) is 1.75. The molecule has 3 nitrogen and oxygen atoms in total. The van der Waals surface area contributed by atoms with E-state index in [2.05, 4.69) is 85.7 Å². The summed E-state index contributed by atoms with van der Waals surface area (Å²) < 4.78 is 2.31. The number of nitrogens with one attached hydrogen (secondary N) is 2. The first-order valence-electron chi connectivity index (χ1n) is 8.71. The summed E-state index contributed by atoms with van der Waals surface area (Å²) in [6.45, 7) is 6.59. The minimum absolute atomic E-state index is 1.14. The van der Waals surface area contributed by atoms with Crippen LogP contribution in [0.25, 0.3) is 32.9 Å². The highest BCUT2D eigenvalue weighted by Crippen LogP contribution is 2.45. The molecule has 3 heteroatoms. The zero-order chi connectivity index (χ0) is 17.3. The number of rotatable bonds is 0. The second-order valence-electron chi connectivity index (χ2n) is 7.09. The number of hydrogen-bond donors (Lipinski definition) is 2. The van der Waals surface area contributed by atoms with Crippen molar-refractivity contribution in [3.05, 3.63) is 59.2 Å². The van der Waals surface area contributed by atoms with Crippen molar-refractivity contribution in [2.24, 2.45) is 7.05 Å². The van der Waals surface area contributed by atoms with Crippen molar-refractivity contribution in [3.8, 4) is 11.1 Å². The fourth-order valence-corrected chi connectivity index (χ4v) is 4.28. The molecule has 0 bridgehead atoms. The van der Waals surface area contributed by atoms with Crippen LogP contribution >= 0.6 is 0 Å². The lowest BCUT2D eigenvalue weighted by Crippen LogP contribution is -2.16. The van der Waals surface area contributed by atoms with Crippen LogP contribution in [0, 0.1) is 20.8 Å². The zero-order valence-electron chi connectivity index (χ0n) is 15.0. The highest BCUT2D eigenvalue weighted by atomic mass is 15.4. The SMILES string of the molecule is Cc1cccc2c1-c1ccc3c4c(C)c(C)ccc4n(C)c3c1NN2. The van der Waals surface area contributed by atoms with Gasteiger partial charge in [0, 0.05) is 34.5 Å². The van der Waals surface area contributed by atoms with Crippen LogP contribution in [0.2, 0.25) is 0 Å². The molecule has 5 rings (SSSR count). The topological polar surface area (TPSA) is 29.0 Å². The van der Waals surface area contributed by atoms with Crippen LogP contribution in [-0.4, -0.2) is 4.57 Å². The summed E-state index contributed by atoms with van der Waals surface area (Å²) >= 11 is 0. The van der Waals surface area contributed by atoms with Crippen molar-refractivity contribution >= 4 is 33.2 Å². The van der Waals surface area contributed by atoms with E-state index in [1.807, 2.05) is 0 Å². The number of hydrazine groups is 1. The number of aromatic nitrogens is 1. The fourth-order valence-electron chi connectivity index (χ4n) is 4.28. The summed E-state index contributed by atoms with van der Waals surface area (Å²) in [5, 5.41) is 2.67. The minimum Gasteiger partial charge on any atom is -0.342 e. The van der Waals surface area contributed by atoms with E-state index in [4.69, 9.17) is 0 Å². The fraction of sp³-hybridized carbons (Fsp3) is 0.182. The van der Waals surface area contributed by atoms with E-state index >= 15 is 0 Å². The summed E-state index contributed by atoms with van der Waals surface area (Å²) in [4.78, 5) is 0. The predicted octanol–water partition coefficient (Wildman–Crippen LogP) is 5.68. The molecule has 3 aromatic carbocycles. The molecule has 0 spiro atoms. The monoisotopic (exact) mass is 327 g/mol. The van der Waals surface area contributed by atoms with Gasteiger partial charge in [0.05, 0.1) is 16.9 Å². The molecule has 124 valence electrons. The lowest BCUT2D eigenvalue weighted by atomic mass is 9.94. The Labute approximate surface area is 147 Å². The number of nitrogens with zero attached hydrogens (tertiary/aromatic N) is 1. The van der Waals surface area contributed by atoms with Gasteiger partial charge in [0.1, 0.15) is 0 Å². The first-order chi connectivity index (χ1) is 12.1. The van der Waals surface area contributed by atoms with Gasteiger partial charge in [-0.2, -0.15) is 0 Å². The van der Waals surface area contributed by atoms with E-state index in [0.717, 1.165) is 11.4 Å². The van der Waals surface area contributed by atoms with Crippen LogP contribution in [0.4, 0.5) is 11.4 Å². The molecule has 0 atom stereocenters. The highest BCUT2D eigenvalue weighted by molar-refractivity contribution is 6.17. The van der Waals surface area contributed by atoms with Crippen molar-refractivity contribution in [2.45, 2.75) is 20.8 Å². The molecule has 2 N–H and O–H groups in total. The van der Waals surface area contributed by atoms with Crippen LogP contribution in [0.3, 0.4) is 0 Å².